The van der Waals surface area contributed by atoms with Gasteiger partial charge in [-0.05, 0) is 49.1 Å². The summed E-state index contributed by atoms with van der Waals surface area (Å²) in [6, 6.07) is 15.0. The number of thioether (sulfide) groups is 1. The summed E-state index contributed by atoms with van der Waals surface area (Å²) in [4.78, 5) is 6.72. The van der Waals surface area contributed by atoms with Gasteiger partial charge in [-0.3, -0.25) is 9.88 Å². The molecule has 0 spiro atoms. The number of hydrogen-bond donors (Lipinski definition) is 0. The Balaban J connectivity index is 1.51. The molecular formula is C18H22N2OS. The smallest absolute Gasteiger partial charge is 0.130 e. The van der Waals surface area contributed by atoms with E-state index in [4.69, 9.17) is 4.74 Å². The normalized spacial score (nSPS) is 17.8. The molecule has 0 unspecified atom stereocenters. The van der Waals surface area contributed by atoms with E-state index in [-0.39, 0.29) is 0 Å². The first-order valence-corrected chi connectivity index (χ1v) is 8.86. The van der Waals surface area contributed by atoms with Crippen LogP contribution >= 0.6 is 11.8 Å². The minimum atomic E-state index is 0.513. The van der Waals surface area contributed by atoms with E-state index in [9.17, 15) is 0 Å². The first-order chi connectivity index (χ1) is 10.8. The van der Waals surface area contributed by atoms with Crippen molar-refractivity contribution in [2.45, 2.75) is 25.6 Å². The zero-order valence-corrected chi connectivity index (χ0v) is 13.8. The van der Waals surface area contributed by atoms with E-state index < -0.39 is 0 Å². The molecule has 22 heavy (non-hydrogen) atoms. The molecule has 1 atom stereocenters. The van der Waals surface area contributed by atoms with Crippen LogP contribution in [0.5, 0.6) is 5.75 Å². The molecule has 0 bridgehead atoms. The molecule has 4 heteroatoms. The maximum absolute atomic E-state index is 5.77. The molecule has 3 nitrogen and oxygen atoms in total. The third kappa shape index (κ3) is 4.24. The standard InChI is InChI=1S/C18H22N2OS/c1-20(17-9-11-22-14-17)12-15-5-7-18(8-6-15)21-13-16-4-2-3-10-19-16/h2-8,10,17H,9,11-14H2,1H3/t17-/m0/s1. The van der Waals surface area contributed by atoms with Crippen LogP contribution in [-0.4, -0.2) is 34.5 Å². The van der Waals surface area contributed by atoms with Gasteiger partial charge in [0, 0.05) is 24.5 Å². The Morgan fingerprint density at radius 1 is 1.23 bits per heavy atom. The van der Waals surface area contributed by atoms with Gasteiger partial charge in [-0.1, -0.05) is 18.2 Å². The molecule has 3 rings (SSSR count). The van der Waals surface area contributed by atoms with Crippen LogP contribution in [0, 0.1) is 0 Å². The predicted octanol–water partition coefficient (Wildman–Crippen LogP) is 3.60. The van der Waals surface area contributed by atoms with Gasteiger partial charge in [-0.15, -0.1) is 0 Å². The number of hydrogen-bond acceptors (Lipinski definition) is 4. The van der Waals surface area contributed by atoms with Crippen LogP contribution in [0.2, 0.25) is 0 Å². The predicted molar refractivity (Wildman–Crippen MR) is 92.2 cm³/mol. The van der Waals surface area contributed by atoms with Crippen molar-refractivity contribution in [2.75, 3.05) is 18.6 Å². The van der Waals surface area contributed by atoms with E-state index in [1.165, 1.54) is 23.5 Å². The van der Waals surface area contributed by atoms with Crippen LogP contribution in [0.15, 0.2) is 48.7 Å². The van der Waals surface area contributed by atoms with Crippen molar-refractivity contribution in [2.24, 2.45) is 0 Å². The molecule has 1 saturated heterocycles. The van der Waals surface area contributed by atoms with E-state index >= 15 is 0 Å². The van der Waals surface area contributed by atoms with E-state index in [0.717, 1.165) is 24.0 Å². The van der Waals surface area contributed by atoms with Gasteiger partial charge in [-0.2, -0.15) is 11.8 Å². The van der Waals surface area contributed by atoms with Crippen molar-refractivity contribution in [3.05, 3.63) is 59.9 Å². The zero-order chi connectivity index (χ0) is 15.2. The SMILES string of the molecule is CN(Cc1ccc(OCc2ccccn2)cc1)[C@H]1CCSC1. The minimum Gasteiger partial charge on any atom is -0.487 e. The average Bonchev–Trinajstić information content (AvgIpc) is 3.10. The Labute approximate surface area is 136 Å². The van der Waals surface area contributed by atoms with Crippen LogP contribution in [-0.2, 0) is 13.2 Å². The van der Waals surface area contributed by atoms with Crippen molar-refractivity contribution >= 4 is 11.8 Å². The van der Waals surface area contributed by atoms with Crippen LogP contribution in [0.1, 0.15) is 17.7 Å². The number of rotatable bonds is 6. The summed E-state index contributed by atoms with van der Waals surface area (Å²) in [5.74, 6) is 3.46. The van der Waals surface area contributed by atoms with Crippen molar-refractivity contribution in [3.8, 4) is 5.75 Å². The van der Waals surface area contributed by atoms with Gasteiger partial charge in [-0.25, -0.2) is 0 Å². The monoisotopic (exact) mass is 314 g/mol. The summed E-state index contributed by atoms with van der Waals surface area (Å²) in [5, 5.41) is 0. The highest BCUT2D eigenvalue weighted by molar-refractivity contribution is 7.99. The van der Waals surface area contributed by atoms with Crippen LogP contribution in [0.25, 0.3) is 0 Å². The minimum absolute atomic E-state index is 0.513. The fraction of sp³-hybridized carbons (Fsp3) is 0.389. The average molecular weight is 314 g/mol. The Kier molecular flexibility index (Phi) is 5.35. The first-order valence-electron chi connectivity index (χ1n) is 7.71. The summed E-state index contributed by atoms with van der Waals surface area (Å²) in [6.07, 6.45) is 3.10. The number of pyridine rings is 1. The lowest BCUT2D eigenvalue weighted by atomic mass is 10.1. The topological polar surface area (TPSA) is 25.4 Å². The van der Waals surface area contributed by atoms with Crippen LogP contribution in [0.4, 0.5) is 0 Å². The molecule has 0 radical (unpaired) electrons. The highest BCUT2D eigenvalue weighted by Crippen LogP contribution is 2.23. The summed E-state index contributed by atoms with van der Waals surface area (Å²) in [5.41, 5.74) is 2.29. The molecule has 1 aromatic carbocycles. The largest absolute Gasteiger partial charge is 0.487 e. The summed E-state index contributed by atoms with van der Waals surface area (Å²) in [6.45, 7) is 1.52. The van der Waals surface area contributed by atoms with Gasteiger partial charge in [0.15, 0.2) is 0 Å². The maximum Gasteiger partial charge on any atom is 0.130 e. The van der Waals surface area contributed by atoms with Crippen molar-refractivity contribution in [1.82, 2.24) is 9.88 Å². The van der Waals surface area contributed by atoms with Crippen molar-refractivity contribution in [3.63, 3.8) is 0 Å². The maximum atomic E-state index is 5.77. The highest BCUT2D eigenvalue weighted by atomic mass is 32.2. The van der Waals surface area contributed by atoms with Gasteiger partial charge in [0.05, 0.1) is 5.69 Å². The molecule has 1 aliphatic rings. The van der Waals surface area contributed by atoms with E-state index in [2.05, 4.69) is 53.0 Å². The first kappa shape index (κ1) is 15.4. The van der Waals surface area contributed by atoms with Gasteiger partial charge in [0.25, 0.3) is 0 Å². The summed E-state index contributed by atoms with van der Waals surface area (Å²) >= 11 is 2.06. The second-order valence-corrected chi connectivity index (χ2v) is 6.84. The van der Waals surface area contributed by atoms with Crippen LogP contribution in [0.3, 0.4) is 0 Å². The van der Waals surface area contributed by atoms with Crippen molar-refractivity contribution in [1.29, 1.82) is 0 Å². The van der Waals surface area contributed by atoms with Crippen LogP contribution < -0.4 is 4.74 Å². The van der Waals surface area contributed by atoms with Gasteiger partial charge >= 0.3 is 0 Å². The molecule has 2 heterocycles. The summed E-state index contributed by atoms with van der Waals surface area (Å²) in [7, 11) is 2.22. The van der Waals surface area contributed by atoms with E-state index in [0.29, 0.717) is 6.61 Å². The summed E-state index contributed by atoms with van der Waals surface area (Å²) < 4.78 is 5.77. The lowest BCUT2D eigenvalue weighted by Gasteiger charge is -2.23. The number of benzene rings is 1. The fourth-order valence-electron chi connectivity index (χ4n) is 2.62. The zero-order valence-electron chi connectivity index (χ0n) is 12.9. The molecule has 2 aromatic rings. The Hall–Kier alpha value is -1.52. The molecular weight excluding hydrogens is 292 g/mol. The Bertz CT molecular complexity index is 567. The molecule has 1 aromatic heterocycles. The molecule has 1 fully saturated rings. The second kappa shape index (κ2) is 7.65. The van der Waals surface area contributed by atoms with Gasteiger partial charge in [0.1, 0.15) is 12.4 Å². The lowest BCUT2D eigenvalue weighted by Crippen LogP contribution is -2.30. The molecule has 0 N–H and O–H groups in total. The van der Waals surface area contributed by atoms with Crippen molar-refractivity contribution < 1.29 is 4.74 Å². The van der Waals surface area contributed by atoms with Gasteiger partial charge in [0.2, 0.25) is 0 Å². The number of nitrogens with zero attached hydrogens (tertiary/aromatic N) is 2. The second-order valence-electron chi connectivity index (χ2n) is 5.69. The fourth-order valence-corrected chi connectivity index (χ4v) is 3.92. The quantitative estimate of drug-likeness (QED) is 0.813. The highest BCUT2D eigenvalue weighted by Gasteiger charge is 2.19. The van der Waals surface area contributed by atoms with E-state index in [1.54, 1.807) is 6.20 Å². The van der Waals surface area contributed by atoms with Gasteiger partial charge < -0.3 is 4.74 Å². The molecule has 116 valence electrons. The third-order valence-corrected chi connectivity index (χ3v) is 5.14. The molecule has 0 amide bonds. The molecule has 0 aliphatic carbocycles. The Morgan fingerprint density at radius 3 is 2.77 bits per heavy atom. The number of ether oxygens (including phenoxy) is 1. The van der Waals surface area contributed by atoms with E-state index in [1.807, 2.05) is 18.2 Å². The molecule has 0 saturated carbocycles. The lowest BCUT2D eigenvalue weighted by molar-refractivity contribution is 0.254. The Morgan fingerprint density at radius 2 is 2.09 bits per heavy atom. The third-order valence-electron chi connectivity index (χ3n) is 4.00. The molecule has 1 aliphatic heterocycles. The number of aromatic nitrogens is 1.